The topological polar surface area (TPSA) is 60.1 Å². The lowest BCUT2D eigenvalue weighted by molar-refractivity contribution is 0.244. The fourth-order valence-electron chi connectivity index (χ4n) is 2.21. The van der Waals surface area contributed by atoms with Gasteiger partial charge in [0.1, 0.15) is 0 Å². The van der Waals surface area contributed by atoms with Gasteiger partial charge < -0.3 is 0 Å². The number of benzene rings is 1. The maximum atomic E-state index is 12.4. The highest BCUT2D eigenvalue weighted by Crippen LogP contribution is 2.25. The number of carbonyl (C=O) groups excluding carboxylic acids is 1. The molecule has 0 bridgehead atoms. The average molecular weight is 291 g/mol. The summed E-state index contributed by atoms with van der Waals surface area (Å²) in [6, 6.07) is 6.66. The number of anilines is 1. The molecule has 6 nitrogen and oxygen atoms in total. The number of halogens is 1. The molecule has 2 heterocycles. The van der Waals surface area contributed by atoms with E-state index in [9.17, 15) is 9.59 Å². The van der Waals surface area contributed by atoms with E-state index in [0.29, 0.717) is 16.5 Å². The van der Waals surface area contributed by atoms with Crippen molar-refractivity contribution in [3.63, 3.8) is 0 Å². The van der Waals surface area contributed by atoms with Gasteiger partial charge in [0.2, 0.25) is 0 Å². The number of fused-ring (bicyclic) bond motifs is 1. The van der Waals surface area contributed by atoms with Crippen LogP contribution in [0.25, 0.3) is 0 Å². The smallest absolute Gasteiger partial charge is 0.285 e. The van der Waals surface area contributed by atoms with Crippen LogP contribution in [0.4, 0.5) is 10.5 Å². The number of allylic oxidation sites excluding steroid dienone is 1. The first-order valence-corrected chi connectivity index (χ1v) is 6.36. The molecule has 2 aromatic rings. The van der Waals surface area contributed by atoms with Gasteiger partial charge in [-0.3, -0.25) is 4.90 Å². The summed E-state index contributed by atoms with van der Waals surface area (Å²) in [5.74, 6) is 0.418. The Morgan fingerprint density at radius 2 is 2.20 bits per heavy atom. The summed E-state index contributed by atoms with van der Waals surface area (Å²) in [7, 11) is 0. The van der Waals surface area contributed by atoms with Crippen LogP contribution in [0.1, 0.15) is 5.82 Å². The highest BCUT2D eigenvalue weighted by Gasteiger charge is 2.32. The van der Waals surface area contributed by atoms with Crippen LogP contribution in [0.15, 0.2) is 41.7 Å². The van der Waals surface area contributed by atoms with Crippen LogP contribution < -0.4 is 10.6 Å². The van der Waals surface area contributed by atoms with Crippen molar-refractivity contribution in [2.45, 2.75) is 13.1 Å². The Hall–Kier alpha value is -2.34. The number of nitrogens with zero attached hydrogens (tertiary/aromatic N) is 4. The minimum absolute atomic E-state index is 0.237. The lowest BCUT2D eigenvalue weighted by Gasteiger charge is -2.15. The zero-order valence-corrected chi connectivity index (χ0v) is 11.2. The molecule has 20 heavy (non-hydrogen) atoms. The number of rotatable bonds is 3. The molecule has 0 saturated carbocycles. The van der Waals surface area contributed by atoms with Crippen LogP contribution in [0.2, 0.25) is 5.02 Å². The summed E-state index contributed by atoms with van der Waals surface area (Å²) in [5.41, 5.74) is 0.226. The van der Waals surface area contributed by atoms with E-state index < -0.39 is 5.69 Å². The molecule has 0 atom stereocenters. The van der Waals surface area contributed by atoms with Gasteiger partial charge >= 0.3 is 11.7 Å². The summed E-state index contributed by atoms with van der Waals surface area (Å²) >= 11 is 5.93. The molecular formula is C13H11ClN4O2. The second-order valence-electron chi connectivity index (χ2n) is 4.34. The lowest BCUT2D eigenvalue weighted by Crippen LogP contribution is -2.33. The summed E-state index contributed by atoms with van der Waals surface area (Å²) in [6.45, 7) is 4.06. The first-order chi connectivity index (χ1) is 9.61. The Morgan fingerprint density at radius 3 is 2.90 bits per heavy atom. The molecule has 7 heteroatoms. The van der Waals surface area contributed by atoms with Crippen LogP contribution in [-0.2, 0) is 13.1 Å². The number of carbonyl (C=O) groups is 1. The Kier molecular flexibility index (Phi) is 2.94. The Labute approximate surface area is 119 Å². The molecular weight excluding hydrogens is 280 g/mol. The monoisotopic (exact) mass is 290 g/mol. The van der Waals surface area contributed by atoms with Gasteiger partial charge in [0.15, 0.2) is 5.82 Å². The van der Waals surface area contributed by atoms with Crippen molar-refractivity contribution in [2.75, 3.05) is 4.90 Å². The molecule has 0 N–H and O–H groups in total. The van der Waals surface area contributed by atoms with Gasteiger partial charge in [-0.05, 0) is 18.2 Å². The van der Waals surface area contributed by atoms with E-state index in [1.165, 1.54) is 14.3 Å². The summed E-state index contributed by atoms with van der Waals surface area (Å²) in [5, 5.41) is 0.545. The van der Waals surface area contributed by atoms with Crippen LogP contribution in [0, 0.1) is 0 Å². The third kappa shape index (κ3) is 1.85. The predicted molar refractivity (Wildman–Crippen MR) is 75.1 cm³/mol. The second kappa shape index (κ2) is 4.64. The van der Waals surface area contributed by atoms with Crippen molar-refractivity contribution in [1.82, 2.24) is 14.3 Å². The zero-order valence-electron chi connectivity index (χ0n) is 10.5. The lowest BCUT2D eigenvalue weighted by atomic mass is 10.3. The average Bonchev–Trinajstić information content (AvgIpc) is 2.88. The largest absolute Gasteiger partial charge is 0.364 e. The van der Waals surface area contributed by atoms with Gasteiger partial charge in [-0.25, -0.2) is 14.3 Å². The maximum Gasteiger partial charge on any atom is 0.364 e. The molecule has 1 aromatic heterocycles. The first-order valence-electron chi connectivity index (χ1n) is 5.99. The van der Waals surface area contributed by atoms with Crippen molar-refractivity contribution >= 4 is 23.3 Å². The van der Waals surface area contributed by atoms with E-state index in [1.54, 1.807) is 30.3 Å². The number of amides is 1. The molecule has 0 saturated heterocycles. The predicted octanol–water partition coefficient (Wildman–Crippen LogP) is 1.87. The van der Waals surface area contributed by atoms with E-state index >= 15 is 0 Å². The van der Waals surface area contributed by atoms with Gasteiger partial charge in [0.05, 0.1) is 13.1 Å². The minimum Gasteiger partial charge on any atom is -0.285 e. The van der Waals surface area contributed by atoms with Gasteiger partial charge in [-0.2, -0.15) is 9.67 Å². The van der Waals surface area contributed by atoms with Crippen LogP contribution in [0.5, 0.6) is 0 Å². The maximum absolute atomic E-state index is 12.4. The van der Waals surface area contributed by atoms with Crippen molar-refractivity contribution in [1.29, 1.82) is 0 Å². The number of aromatic nitrogens is 3. The Morgan fingerprint density at radius 1 is 1.40 bits per heavy atom. The number of hydrogen-bond acceptors (Lipinski definition) is 3. The Balaban J connectivity index is 2.03. The van der Waals surface area contributed by atoms with Crippen molar-refractivity contribution in [2.24, 2.45) is 0 Å². The molecule has 0 unspecified atom stereocenters. The van der Waals surface area contributed by atoms with Crippen LogP contribution in [0.3, 0.4) is 0 Å². The zero-order chi connectivity index (χ0) is 14.3. The van der Waals surface area contributed by atoms with Gasteiger partial charge in [0.25, 0.3) is 0 Å². The minimum atomic E-state index is -0.445. The standard InChI is InChI=1S/C13H11ClN4O2/c1-2-6-17-12(19)15-11-8-16(13(20)18(11)17)10-5-3-4-9(14)7-10/h2-5,7H,1,6,8H2. The quantitative estimate of drug-likeness (QED) is 0.811. The third-order valence-electron chi connectivity index (χ3n) is 3.06. The fourth-order valence-corrected chi connectivity index (χ4v) is 2.39. The van der Waals surface area contributed by atoms with Crippen molar-refractivity contribution in [3.05, 3.63) is 58.3 Å². The SMILES string of the molecule is C=CCn1c(=O)nc2n1C(=O)N(c1cccc(Cl)c1)C2. The van der Waals surface area contributed by atoms with Crippen LogP contribution in [-0.4, -0.2) is 20.4 Å². The molecule has 1 amide bonds. The Bertz CT molecular complexity index is 762. The molecule has 3 rings (SSSR count). The molecule has 1 aromatic carbocycles. The molecule has 1 aliphatic rings. The molecule has 1 aliphatic heterocycles. The van der Waals surface area contributed by atoms with Crippen LogP contribution >= 0.6 is 11.6 Å². The van der Waals surface area contributed by atoms with E-state index in [2.05, 4.69) is 11.6 Å². The molecule has 0 spiro atoms. The molecule has 0 aliphatic carbocycles. The number of hydrogen-bond donors (Lipinski definition) is 0. The van der Waals surface area contributed by atoms with E-state index in [4.69, 9.17) is 11.6 Å². The summed E-state index contributed by atoms with van der Waals surface area (Å²) in [6.07, 6.45) is 1.55. The van der Waals surface area contributed by atoms with Gasteiger partial charge in [-0.1, -0.05) is 23.7 Å². The third-order valence-corrected chi connectivity index (χ3v) is 3.30. The molecule has 0 radical (unpaired) electrons. The van der Waals surface area contributed by atoms with E-state index in [1.807, 2.05) is 0 Å². The van der Waals surface area contributed by atoms with E-state index in [-0.39, 0.29) is 19.1 Å². The first kappa shape index (κ1) is 12.7. The van der Waals surface area contributed by atoms with Crippen molar-refractivity contribution < 1.29 is 4.79 Å². The van der Waals surface area contributed by atoms with Gasteiger partial charge in [0, 0.05) is 10.7 Å². The molecule has 0 fully saturated rings. The fraction of sp³-hybridized carbons (Fsp3) is 0.154. The van der Waals surface area contributed by atoms with E-state index in [0.717, 1.165) is 0 Å². The second-order valence-corrected chi connectivity index (χ2v) is 4.78. The highest BCUT2D eigenvalue weighted by molar-refractivity contribution is 6.30. The molecule has 102 valence electrons. The summed E-state index contributed by atoms with van der Waals surface area (Å²) in [4.78, 5) is 29.5. The van der Waals surface area contributed by atoms with Crippen molar-refractivity contribution in [3.8, 4) is 0 Å². The summed E-state index contributed by atoms with van der Waals surface area (Å²) < 4.78 is 2.54. The highest BCUT2D eigenvalue weighted by atomic mass is 35.5. The van der Waals surface area contributed by atoms with Gasteiger partial charge in [-0.15, -0.1) is 6.58 Å². The normalized spacial score (nSPS) is 13.7.